The van der Waals surface area contributed by atoms with Gasteiger partial charge in [0.2, 0.25) is 0 Å². The van der Waals surface area contributed by atoms with Crippen LogP contribution >= 0.6 is 11.6 Å². The molecule has 0 bridgehead atoms. The largest absolute Gasteiger partial charge is 0.283 e. The third kappa shape index (κ3) is 4.91. The van der Waals surface area contributed by atoms with E-state index in [1.165, 1.54) is 24.3 Å². The first-order chi connectivity index (χ1) is 16.9. The van der Waals surface area contributed by atoms with Gasteiger partial charge in [0.1, 0.15) is 5.84 Å². The number of sulfonamides is 1. The zero-order valence-corrected chi connectivity index (χ0v) is 20.4. The summed E-state index contributed by atoms with van der Waals surface area (Å²) in [5.74, 6) is 0.837. The lowest BCUT2D eigenvalue weighted by atomic mass is 9.90. The van der Waals surface area contributed by atoms with Crippen LogP contribution in [0.5, 0.6) is 0 Å². The number of hydrogen-bond acceptors (Lipinski definition) is 6. The molecule has 0 amide bonds. The molecule has 0 saturated heterocycles. The number of aliphatic imine (C=N–C) groups is 1. The van der Waals surface area contributed by atoms with Gasteiger partial charge in [-0.15, -0.1) is 9.51 Å². The smallest absolute Gasteiger partial charge is 0.250 e. The molecule has 0 aromatic heterocycles. The predicted octanol–water partition coefficient (Wildman–Crippen LogP) is 5.12. The van der Waals surface area contributed by atoms with Gasteiger partial charge in [0, 0.05) is 16.5 Å². The highest BCUT2D eigenvalue weighted by Crippen LogP contribution is 2.30. The van der Waals surface area contributed by atoms with Crippen molar-refractivity contribution in [2.24, 2.45) is 24.7 Å². The van der Waals surface area contributed by atoms with Crippen LogP contribution in [0.25, 0.3) is 0 Å². The Morgan fingerprint density at radius 1 is 0.971 bits per heavy atom. The van der Waals surface area contributed by atoms with Gasteiger partial charge in [-0.25, -0.2) is 10.0 Å². The maximum atomic E-state index is 12.8. The summed E-state index contributed by atoms with van der Waals surface area (Å²) in [5.41, 5.74) is 3.72. The van der Waals surface area contributed by atoms with Crippen LogP contribution in [0, 0.1) is 0 Å². The minimum atomic E-state index is -3.91. The highest BCUT2D eigenvalue weighted by Gasteiger charge is 2.31. The SMILES string of the molecule is C/C(=N\S(=O)(=O)c1ccc(Cl)cc1)N1CC(c2ccccc2)C(c2ccc(C3=NCN=N3)cc2)=N1. The van der Waals surface area contributed by atoms with Gasteiger partial charge in [-0.2, -0.15) is 18.6 Å². The number of amidine groups is 2. The molecule has 0 radical (unpaired) electrons. The molecule has 5 rings (SSSR count). The Morgan fingerprint density at radius 2 is 1.66 bits per heavy atom. The average Bonchev–Trinajstić information content (AvgIpc) is 3.56. The lowest BCUT2D eigenvalue weighted by Crippen LogP contribution is -2.24. The maximum Gasteiger partial charge on any atom is 0.283 e. The zero-order chi connectivity index (χ0) is 24.4. The minimum absolute atomic E-state index is 0.0612. The minimum Gasteiger partial charge on any atom is -0.250 e. The fourth-order valence-electron chi connectivity index (χ4n) is 3.96. The standard InChI is InChI=1S/C25H21ClN6O2S/c1-17(31-35(33,34)22-13-11-21(26)12-14-22)32-15-23(18-5-3-2-4-6-18)24(30-32)19-7-9-20(10-8-19)25-27-16-28-29-25/h2-14,23H,15-16H2,1H3/b31-17+. The van der Waals surface area contributed by atoms with Gasteiger partial charge < -0.3 is 0 Å². The Kier molecular flexibility index (Phi) is 6.27. The van der Waals surface area contributed by atoms with Crippen molar-refractivity contribution in [1.29, 1.82) is 0 Å². The molecule has 2 aliphatic rings. The van der Waals surface area contributed by atoms with Gasteiger partial charge in [-0.1, -0.05) is 66.2 Å². The van der Waals surface area contributed by atoms with E-state index < -0.39 is 10.0 Å². The molecule has 0 spiro atoms. The molecule has 1 atom stereocenters. The summed E-state index contributed by atoms with van der Waals surface area (Å²) in [6.45, 7) is 2.47. The molecule has 0 N–H and O–H groups in total. The van der Waals surface area contributed by atoms with E-state index >= 15 is 0 Å². The molecule has 0 saturated carbocycles. The van der Waals surface area contributed by atoms with Crippen molar-refractivity contribution in [2.45, 2.75) is 17.7 Å². The first-order valence-electron chi connectivity index (χ1n) is 10.9. The van der Waals surface area contributed by atoms with Crippen molar-refractivity contribution >= 4 is 39.0 Å². The molecular weight excluding hydrogens is 484 g/mol. The van der Waals surface area contributed by atoms with E-state index in [2.05, 4.69) is 19.6 Å². The first kappa shape index (κ1) is 23.1. The highest BCUT2D eigenvalue weighted by molar-refractivity contribution is 7.90. The molecule has 1 unspecified atom stereocenters. The number of nitrogens with zero attached hydrogens (tertiary/aromatic N) is 6. The Balaban J connectivity index is 1.48. The van der Waals surface area contributed by atoms with Crippen LogP contribution in [0.2, 0.25) is 5.02 Å². The molecule has 10 heteroatoms. The summed E-state index contributed by atoms with van der Waals surface area (Å²) in [6, 6.07) is 23.8. The second-order valence-electron chi connectivity index (χ2n) is 8.04. The molecular formula is C25H21ClN6O2S. The molecule has 2 heterocycles. The van der Waals surface area contributed by atoms with Crippen LogP contribution in [0.3, 0.4) is 0 Å². The second kappa shape index (κ2) is 9.52. The van der Waals surface area contributed by atoms with Crippen LogP contribution in [0.15, 0.2) is 108 Å². The van der Waals surface area contributed by atoms with Crippen molar-refractivity contribution in [1.82, 2.24) is 5.01 Å². The first-order valence-corrected chi connectivity index (χ1v) is 12.7. The van der Waals surface area contributed by atoms with Crippen LogP contribution < -0.4 is 0 Å². The third-order valence-electron chi connectivity index (χ3n) is 5.74. The molecule has 3 aromatic carbocycles. The van der Waals surface area contributed by atoms with E-state index in [0.29, 0.717) is 24.1 Å². The van der Waals surface area contributed by atoms with Gasteiger partial charge in [0.25, 0.3) is 10.0 Å². The second-order valence-corrected chi connectivity index (χ2v) is 10.1. The summed E-state index contributed by atoms with van der Waals surface area (Å²) < 4.78 is 29.7. The Bertz CT molecular complexity index is 1460. The van der Waals surface area contributed by atoms with Crippen molar-refractivity contribution in [2.75, 3.05) is 13.2 Å². The van der Waals surface area contributed by atoms with Gasteiger partial charge >= 0.3 is 0 Å². The summed E-state index contributed by atoms with van der Waals surface area (Å²) in [5, 5.41) is 14.8. The molecule has 0 fully saturated rings. The topological polar surface area (TPSA) is 99.2 Å². The average molecular weight is 505 g/mol. The highest BCUT2D eigenvalue weighted by atomic mass is 35.5. The van der Waals surface area contributed by atoms with Gasteiger partial charge in [0.15, 0.2) is 12.5 Å². The fraction of sp³-hybridized carbons (Fsp3) is 0.160. The van der Waals surface area contributed by atoms with E-state index in [9.17, 15) is 8.42 Å². The van der Waals surface area contributed by atoms with Crippen molar-refractivity contribution < 1.29 is 8.42 Å². The molecule has 8 nitrogen and oxygen atoms in total. The Hall–Kier alpha value is -3.69. The summed E-state index contributed by atoms with van der Waals surface area (Å²) >= 11 is 5.89. The summed E-state index contributed by atoms with van der Waals surface area (Å²) in [6.07, 6.45) is 0. The van der Waals surface area contributed by atoms with E-state index in [0.717, 1.165) is 22.4 Å². The third-order valence-corrected chi connectivity index (χ3v) is 7.37. The van der Waals surface area contributed by atoms with Crippen LogP contribution in [-0.2, 0) is 10.0 Å². The molecule has 2 aliphatic heterocycles. The number of rotatable bonds is 5. The predicted molar refractivity (Wildman–Crippen MR) is 137 cm³/mol. The molecule has 35 heavy (non-hydrogen) atoms. The maximum absolute atomic E-state index is 12.8. The Labute approximate surface area is 208 Å². The Morgan fingerprint density at radius 3 is 2.31 bits per heavy atom. The quantitative estimate of drug-likeness (QED) is 0.356. The molecule has 0 aliphatic carbocycles. The van der Waals surface area contributed by atoms with E-state index in [1.807, 2.05) is 54.6 Å². The molecule has 3 aromatic rings. The van der Waals surface area contributed by atoms with Crippen molar-refractivity contribution in [3.63, 3.8) is 0 Å². The number of azo groups is 1. The normalized spacial score (nSPS) is 18.1. The van der Waals surface area contributed by atoms with Crippen LogP contribution in [0.1, 0.15) is 29.5 Å². The fourth-order valence-corrected chi connectivity index (χ4v) is 5.11. The number of hydrazone groups is 1. The van der Waals surface area contributed by atoms with Gasteiger partial charge in [0.05, 0.1) is 17.2 Å². The van der Waals surface area contributed by atoms with Crippen molar-refractivity contribution in [3.8, 4) is 0 Å². The zero-order valence-electron chi connectivity index (χ0n) is 18.8. The van der Waals surface area contributed by atoms with E-state index in [-0.39, 0.29) is 16.6 Å². The van der Waals surface area contributed by atoms with Crippen LogP contribution in [0.4, 0.5) is 0 Å². The van der Waals surface area contributed by atoms with Gasteiger partial charge in [-0.3, -0.25) is 0 Å². The number of benzene rings is 3. The van der Waals surface area contributed by atoms with E-state index in [4.69, 9.17) is 16.7 Å². The number of hydrogen-bond donors (Lipinski definition) is 0. The summed E-state index contributed by atoms with van der Waals surface area (Å²) in [4.78, 5) is 4.34. The lowest BCUT2D eigenvalue weighted by molar-refractivity contribution is 0.472. The molecule has 176 valence electrons. The van der Waals surface area contributed by atoms with Crippen molar-refractivity contribution in [3.05, 3.63) is 101 Å². The summed E-state index contributed by atoms with van der Waals surface area (Å²) in [7, 11) is -3.91. The van der Waals surface area contributed by atoms with Crippen LogP contribution in [-0.4, -0.2) is 44.0 Å². The van der Waals surface area contributed by atoms with E-state index in [1.54, 1.807) is 11.9 Å². The monoisotopic (exact) mass is 504 g/mol. The lowest BCUT2D eigenvalue weighted by Gasteiger charge is -2.16. The number of halogens is 1. The van der Waals surface area contributed by atoms with Gasteiger partial charge in [-0.05, 0) is 42.3 Å².